The third-order valence-corrected chi connectivity index (χ3v) is 2.62. The first kappa shape index (κ1) is 13.8. The lowest BCUT2D eigenvalue weighted by atomic mass is 10.3. The molecule has 0 aliphatic rings. The van der Waals surface area contributed by atoms with Crippen LogP contribution < -0.4 is 16.1 Å². The molecule has 0 fully saturated rings. The maximum absolute atomic E-state index is 12.0. The van der Waals surface area contributed by atoms with E-state index in [0.717, 1.165) is 10.8 Å². The molecule has 0 saturated heterocycles. The Bertz CT molecular complexity index is 598. The Labute approximate surface area is 104 Å². The zero-order valence-corrected chi connectivity index (χ0v) is 10.6. The van der Waals surface area contributed by atoms with Crippen molar-refractivity contribution in [2.24, 2.45) is 19.3 Å². The lowest BCUT2D eigenvalue weighted by Crippen LogP contribution is -2.42. The van der Waals surface area contributed by atoms with Gasteiger partial charge >= 0.3 is 5.69 Å². The fraction of sp³-hybridized carbons (Fsp3) is 0.364. The van der Waals surface area contributed by atoms with E-state index in [2.05, 4.69) is 11.7 Å². The normalized spacial score (nSPS) is 10.8. The van der Waals surface area contributed by atoms with Gasteiger partial charge in [-0.1, -0.05) is 11.2 Å². The van der Waals surface area contributed by atoms with Crippen molar-refractivity contribution in [3.8, 4) is 0 Å². The average Bonchev–Trinajstić information content (AvgIpc) is 2.34. The number of nitrogens with zero attached hydrogens (tertiary/aromatic N) is 4. The molecule has 0 atom stereocenters. The first-order valence-electron chi connectivity index (χ1n) is 5.25. The molecule has 0 saturated carbocycles. The van der Waals surface area contributed by atoms with Crippen molar-refractivity contribution in [1.82, 2.24) is 9.13 Å². The highest BCUT2D eigenvalue weighted by Crippen LogP contribution is 2.11. The summed E-state index contributed by atoms with van der Waals surface area (Å²) in [6, 6.07) is 0. The van der Waals surface area contributed by atoms with Gasteiger partial charge in [0.2, 0.25) is 0 Å². The molecule has 1 aromatic rings. The topological polar surface area (TPSA) is 79.8 Å². The third kappa shape index (κ3) is 2.20. The molecule has 18 heavy (non-hydrogen) atoms. The van der Waals surface area contributed by atoms with E-state index in [9.17, 15) is 9.59 Å². The molecular weight excluding hydrogens is 236 g/mol. The molecule has 0 spiro atoms. The fourth-order valence-corrected chi connectivity index (χ4v) is 1.77. The minimum Gasteiger partial charge on any atom is -0.411 e. The first-order chi connectivity index (χ1) is 8.45. The molecule has 1 aromatic heterocycles. The number of oxime groups is 1. The average molecular weight is 252 g/mol. The van der Waals surface area contributed by atoms with E-state index >= 15 is 0 Å². The van der Waals surface area contributed by atoms with Gasteiger partial charge in [-0.05, 0) is 0 Å². The third-order valence-electron chi connectivity index (χ3n) is 2.62. The fourth-order valence-electron chi connectivity index (χ4n) is 1.77. The Morgan fingerprint density at radius 3 is 2.50 bits per heavy atom. The number of hydrogen-bond donors (Lipinski definition) is 1. The largest absolute Gasteiger partial charge is 0.411 e. The molecule has 0 aromatic carbocycles. The van der Waals surface area contributed by atoms with Crippen LogP contribution in [0.15, 0.2) is 27.4 Å². The maximum Gasteiger partial charge on any atom is 0.332 e. The lowest BCUT2D eigenvalue weighted by molar-refractivity contribution is 0.321. The van der Waals surface area contributed by atoms with Crippen LogP contribution in [0.3, 0.4) is 0 Å². The second-order valence-electron chi connectivity index (χ2n) is 3.86. The van der Waals surface area contributed by atoms with Gasteiger partial charge in [-0.2, -0.15) is 0 Å². The Kier molecular flexibility index (Phi) is 4.09. The molecule has 0 radical (unpaired) electrons. The summed E-state index contributed by atoms with van der Waals surface area (Å²) in [5.41, 5.74) is -0.811. The first-order valence-corrected chi connectivity index (χ1v) is 5.25. The van der Waals surface area contributed by atoms with Crippen LogP contribution in [-0.2, 0) is 14.1 Å². The molecule has 7 heteroatoms. The molecule has 0 aliphatic carbocycles. The van der Waals surface area contributed by atoms with Crippen molar-refractivity contribution in [3.05, 3.63) is 39.1 Å². The van der Waals surface area contributed by atoms with Crippen molar-refractivity contribution >= 4 is 12.0 Å². The van der Waals surface area contributed by atoms with E-state index in [1.807, 2.05) is 0 Å². The zero-order valence-electron chi connectivity index (χ0n) is 10.6. The summed E-state index contributed by atoms with van der Waals surface area (Å²) in [7, 11) is 4.63. The second kappa shape index (κ2) is 5.35. The Morgan fingerprint density at radius 2 is 2.00 bits per heavy atom. The molecule has 1 heterocycles. The van der Waals surface area contributed by atoms with Crippen molar-refractivity contribution < 1.29 is 5.21 Å². The van der Waals surface area contributed by atoms with Crippen LogP contribution in [0.5, 0.6) is 0 Å². The Morgan fingerprint density at radius 1 is 1.39 bits per heavy atom. The van der Waals surface area contributed by atoms with Crippen LogP contribution in [-0.4, -0.2) is 34.1 Å². The van der Waals surface area contributed by atoms with Crippen LogP contribution in [0.2, 0.25) is 0 Å². The summed E-state index contributed by atoms with van der Waals surface area (Å²) in [5.74, 6) is 0.376. The maximum atomic E-state index is 12.0. The van der Waals surface area contributed by atoms with Gasteiger partial charge in [-0.15, -0.1) is 6.58 Å². The quantitative estimate of drug-likeness (QED) is 0.339. The van der Waals surface area contributed by atoms with E-state index in [4.69, 9.17) is 5.21 Å². The van der Waals surface area contributed by atoms with Crippen LogP contribution in [0.1, 0.15) is 5.56 Å². The molecule has 0 bridgehead atoms. The molecule has 0 amide bonds. The second-order valence-corrected chi connectivity index (χ2v) is 3.86. The predicted molar refractivity (Wildman–Crippen MR) is 69.8 cm³/mol. The van der Waals surface area contributed by atoms with Gasteiger partial charge in [0.1, 0.15) is 11.4 Å². The minimum atomic E-state index is -0.512. The Balaban J connectivity index is 3.71. The van der Waals surface area contributed by atoms with Gasteiger partial charge in [0, 0.05) is 27.7 Å². The highest BCUT2D eigenvalue weighted by atomic mass is 16.4. The minimum absolute atomic E-state index is 0.145. The highest BCUT2D eigenvalue weighted by Gasteiger charge is 2.16. The monoisotopic (exact) mass is 252 g/mol. The predicted octanol–water partition coefficient (Wildman–Crippen LogP) is -0.486. The van der Waals surface area contributed by atoms with Crippen molar-refractivity contribution in [1.29, 1.82) is 0 Å². The molecule has 98 valence electrons. The van der Waals surface area contributed by atoms with Gasteiger partial charge in [-0.3, -0.25) is 13.9 Å². The summed E-state index contributed by atoms with van der Waals surface area (Å²) in [6.45, 7) is 4.05. The summed E-state index contributed by atoms with van der Waals surface area (Å²) in [5, 5.41) is 11.5. The van der Waals surface area contributed by atoms with E-state index < -0.39 is 11.2 Å². The van der Waals surface area contributed by atoms with E-state index in [0.29, 0.717) is 12.4 Å². The van der Waals surface area contributed by atoms with Crippen LogP contribution >= 0.6 is 0 Å². The summed E-state index contributed by atoms with van der Waals surface area (Å²) in [6.07, 6.45) is 2.67. The van der Waals surface area contributed by atoms with Crippen molar-refractivity contribution in [2.45, 2.75) is 0 Å². The van der Waals surface area contributed by atoms with E-state index in [1.54, 1.807) is 25.1 Å². The summed E-state index contributed by atoms with van der Waals surface area (Å²) in [4.78, 5) is 25.5. The Hall–Kier alpha value is -2.31. The number of rotatable bonds is 4. The number of anilines is 1. The van der Waals surface area contributed by atoms with Crippen LogP contribution in [0.4, 0.5) is 5.82 Å². The standard InChI is InChI=1S/C11H16N4O3/c1-5-6-13(2)9-8(7-12-18)10(16)15(4)11(17)14(9)3/h5,7,18H,1,6H2,2-4H3/b12-7-. The molecule has 1 N–H and O–H groups in total. The molecule has 1 rings (SSSR count). The van der Waals surface area contributed by atoms with Gasteiger partial charge in [0.05, 0.1) is 6.21 Å². The summed E-state index contributed by atoms with van der Waals surface area (Å²) >= 11 is 0. The van der Waals surface area contributed by atoms with Gasteiger partial charge in [0.15, 0.2) is 0 Å². The van der Waals surface area contributed by atoms with Crippen molar-refractivity contribution in [2.75, 3.05) is 18.5 Å². The SMILES string of the molecule is C=CCN(C)c1c(/C=N\O)c(=O)n(C)c(=O)n1C. The summed E-state index contributed by atoms with van der Waals surface area (Å²) < 4.78 is 2.28. The van der Waals surface area contributed by atoms with Crippen molar-refractivity contribution in [3.63, 3.8) is 0 Å². The van der Waals surface area contributed by atoms with Gasteiger partial charge in [0.25, 0.3) is 5.56 Å². The highest BCUT2D eigenvalue weighted by molar-refractivity contribution is 5.85. The molecule has 0 unspecified atom stereocenters. The molecule has 7 nitrogen and oxygen atoms in total. The smallest absolute Gasteiger partial charge is 0.332 e. The number of likely N-dealkylation sites (N-methyl/N-ethyl adjacent to an activating group) is 1. The lowest BCUT2D eigenvalue weighted by Gasteiger charge is -2.22. The van der Waals surface area contributed by atoms with Gasteiger partial charge in [-0.25, -0.2) is 4.79 Å². The van der Waals surface area contributed by atoms with E-state index in [-0.39, 0.29) is 5.56 Å². The van der Waals surface area contributed by atoms with E-state index in [1.165, 1.54) is 11.6 Å². The van der Waals surface area contributed by atoms with Crippen LogP contribution in [0, 0.1) is 0 Å². The zero-order chi connectivity index (χ0) is 13.9. The van der Waals surface area contributed by atoms with Gasteiger partial charge < -0.3 is 10.1 Å². The molecular formula is C11H16N4O3. The number of aromatic nitrogens is 2. The number of hydrogen-bond acceptors (Lipinski definition) is 5. The van der Waals surface area contributed by atoms with Crippen LogP contribution in [0.25, 0.3) is 0 Å². The molecule has 0 aliphatic heterocycles.